The van der Waals surface area contributed by atoms with Crippen LogP contribution >= 0.6 is 11.3 Å². The molecule has 1 amide bonds. The van der Waals surface area contributed by atoms with E-state index in [1.54, 1.807) is 26.2 Å². The van der Waals surface area contributed by atoms with Gasteiger partial charge in [0.05, 0.1) is 13.7 Å². The van der Waals surface area contributed by atoms with Gasteiger partial charge in [0.1, 0.15) is 17.2 Å². The van der Waals surface area contributed by atoms with Crippen molar-refractivity contribution in [2.45, 2.75) is 13.5 Å². The van der Waals surface area contributed by atoms with Gasteiger partial charge in [0.15, 0.2) is 11.5 Å². The van der Waals surface area contributed by atoms with Gasteiger partial charge in [-0.25, -0.2) is 4.79 Å². The first-order chi connectivity index (χ1) is 18.1. The van der Waals surface area contributed by atoms with Crippen molar-refractivity contribution in [1.29, 1.82) is 0 Å². The quantitative estimate of drug-likeness (QED) is 0.186. The molecule has 3 aromatic carbocycles. The van der Waals surface area contributed by atoms with Crippen molar-refractivity contribution < 1.29 is 23.8 Å². The third-order valence-electron chi connectivity index (χ3n) is 5.44. The molecule has 1 N–H and O–H groups in total. The van der Waals surface area contributed by atoms with Crippen LogP contribution in [0.4, 0.5) is 5.00 Å². The molecule has 1 heterocycles. The molecule has 0 aliphatic carbocycles. The van der Waals surface area contributed by atoms with Crippen molar-refractivity contribution in [3.63, 3.8) is 0 Å². The molecule has 188 valence electrons. The first-order valence-corrected chi connectivity index (χ1v) is 12.6. The topological polar surface area (TPSA) is 73.9 Å². The number of thiophene rings is 1. The largest absolute Gasteiger partial charge is 0.493 e. The summed E-state index contributed by atoms with van der Waals surface area (Å²) in [7, 11) is 1.57. The number of amides is 1. The van der Waals surface area contributed by atoms with Crippen LogP contribution in [-0.2, 0) is 16.1 Å². The molecule has 0 atom stereocenters. The van der Waals surface area contributed by atoms with Crippen molar-refractivity contribution in [3.8, 4) is 22.6 Å². The molecule has 0 aliphatic rings. The van der Waals surface area contributed by atoms with E-state index in [1.165, 1.54) is 17.4 Å². The lowest BCUT2D eigenvalue weighted by Crippen LogP contribution is -2.12. The third kappa shape index (κ3) is 6.65. The van der Waals surface area contributed by atoms with Crippen molar-refractivity contribution in [2.24, 2.45) is 0 Å². The predicted octanol–water partition coefficient (Wildman–Crippen LogP) is 6.83. The van der Waals surface area contributed by atoms with Crippen LogP contribution in [-0.4, -0.2) is 25.6 Å². The maximum Gasteiger partial charge on any atom is 0.341 e. The Morgan fingerprint density at radius 3 is 2.38 bits per heavy atom. The minimum Gasteiger partial charge on any atom is -0.493 e. The van der Waals surface area contributed by atoms with E-state index in [-0.39, 0.29) is 12.5 Å². The van der Waals surface area contributed by atoms with Gasteiger partial charge in [0.25, 0.3) is 0 Å². The van der Waals surface area contributed by atoms with Gasteiger partial charge in [-0.1, -0.05) is 66.7 Å². The number of anilines is 1. The van der Waals surface area contributed by atoms with E-state index in [2.05, 4.69) is 5.32 Å². The molecule has 0 aliphatic heterocycles. The second-order valence-corrected chi connectivity index (χ2v) is 8.83. The summed E-state index contributed by atoms with van der Waals surface area (Å²) in [6.45, 7) is 2.41. The molecule has 4 aromatic rings. The number of ether oxygens (including phenoxy) is 3. The summed E-state index contributed by atoms with van der Waals surface area (Å²) in [6, 6.07) is 24.8. The minimum absolute atomic E-state index is 0.239. The summed E-state index contributed by atoms with van der Waals surface area (Å²) in [5.74, 6) is 0.334. The van der Waals surface area contributed by atoms with Crippen molar-refractivity contribution in [1.82, 2.24) is 0 Å². The van der Waals surface area contributed by atoms with Crippen LogP contribution in [0.3, 0.4) is 0 Å². The van der Waals surface area contributed by atoms with Crippen molar-refractivity contribution in [3.05, 3.63) is 107 Å². The summed E-state index contributed by atoms with van der Waals surface area (Å²) in [5, 5.41) is 5.11. The molecule has 6 nitrogen and oxygen atoms in total. The van der Waals surface area contributed by atoms with Gasteiger partial charge in [0, 0.05) is 17.0 Å². The fraction of sp³-hybridized carbons (Fsp3) is 0.133. The molecule has 37 heavy (non-hydrogen) atoms. The Kier molecular flexibility index (Phi) is 8.73. The summed E-state index contributed by atoms with van der Waals surface area (Å²) in [5.41, 5.74) is 3.76. The number of methoxy groups -OCH3 is 1. The second-order valence-electron chi connectivity index (χ2n) is 7.95. The summed E-state index contributed by atoms with van der Waals surface area (Å²) in [6.07, 6.45) is 3.09. The summed E-state index contributed by atoms with van der Waals surface area (Å²) < 4.78 is 16.6. The van der Waals surface area contributed by atoms with Crippen molar-refractivity contribution >= 4 is 34.3 Å². The van der Waals surface area contributed by atoms with E-state index >= 15 is 0 Å². The fourth-order valence-corrected chi connectivity index (χ4v) is 4.61. The highest BCUT2D eigenvalue weighted by atomic mass is 32.1. The molecule has 0 saturated heterocycles. The number of nitrogens with one attached hydrogen (secondary N) is 1. The molecule has 0 radical (unpaired) electrons. The number of esters is 1. The van der Waals surface area contributed by atoms with E-state index in [4.69, 9.17) is 14.2 Å². The van der Waals surface area contributed by atoms with Gasteiger partial charge in [-0.2, -0.15) is 0 Å². The first kappa shape index (κ1) is 25.7. The predicted molar refractivity (Wildman–Crippen MR) is 147 cm³/mol. The molecule has 0 spiro atoms. The molecule has 1 aromatic heterocycles. The molecule has 0 unspecified atom stereocenters. The normalized spacial score (nSPS) is 10.8. The van der Waals surface area contributed by atoms with Crippen molar-refractivity contribution in [2.75, 3.05) is 19.0 Å². The second kappa shape index (κ2) is 12.6. The average molecular weight is 514 g/mol. The Morgan fingerprint density at radius 2 is 1.68 bits per heavy atom. The highest BCUT2D eigenvalue weighted by molar-refractivity contribution is 7.15. The molecule has 0 bridgehead atoms. The average Bonchev–Trinajstić information content (AvgIpc) is 3.35. The fourth-order valence-electron chi connectivity index (χ4n) is 3.65. The number of carbonyl (C=O) groups excluding carboxylic acids is 2. The van der Waals surface area contributed by atoms with Gasteiger partial charge in [0.2, 0.25) is 5.91 Å². The number of hydrogen-bond acceptors (Lipinski definition) is 6. The van der Waals surface area contributed by atoms with Crippen LogP contribution in [0.2, 0.25) is 0 Å². The van der Waals surface area contributed by atoms with E-state index < -0.39 is 5.97 Å². The zero-order chi connectivity index (χ0) is 26.0. The Bertz CT molecular complexity index is 1380. The zero-order valence-corrected chi connectivity index (χ0v) is 21.4. The molecule has 7 heteroatoms. The number of rotatable bonds is 10. The van der Waals surface area contributed by atoms with Gasteiger partial charge in [-0.3, -0.25) is 4.79 Å². The molecule has 4 rings (SSSR count). The van der Waals surface area contributed by atoms with Crippen LogP contribution in [0.15, 0.2) is 90.3 Å². The summed E-state index contributed by atoms with van der Waals surface area (Å²) in [4.78, 5) is 25.5. The smallest absolute Gasteiger partial charge is 0.341 e. The highest BCUT2D eigenvalue weighted by Gasteiger charge is 2.22. The van der Waals surface area contributed by atoms with Gasteiger partial charge in [-0.05, 0) is 41.8 Å². The van der Waals surface area contributed by atoms with E-state index in [0.29, 0.717) is 28.7 Å². The zero-order valence-electron chi connectivity index (χ0n) is 20.6. The number of hydrogen-bond donors (Lipinski definition) is 1. The SMILES string of the molecule is CCOC(=O)c1c(-c2ccccc2)csc1NC(=O)/C=C/c1ccc(OCc2ccccc2)c(OC)c1. The van der Waals surface area contributed by atoms with Crippen LogP contribution in [0.1, 0.15) is 28.4 Å². The first-order valence-electron chi connectivity index (χ1n) is 11.8. The molecular formula is C30H27NO5S. The Balaban J connectivity index is 1.47. The molecule has 0 saturated carbocycles. The van der Waals surface area contributed by atoms with Gasteiger partial charge in [-0.15, -0.1) is 11.3 Å². The van der Waals surface area contributed by atoms with Gasteiger partial charge < -0.3 is 19.5 Å². The standard InChI is InChI=1S/C30H27NO5S/c1-3-35-30(33)28-24(23-12-8-5-9-13-23)20-37-29(28)31-27(32)17-15-21-14-16-25(26(18-21)34-2)36-19-22-10-6-4-7-11-22/h4-18,20H,3,19H2,1-2H3,(H,31,32)/b17-15+. The lowest BCUT2D eigenvalue weighted by Gasteiger charge is -2.11. The lowest BCUT2D eigenvalue weighted by molar-refractivity contribution is -0.111. The van der Waals surface area contributed by atoms with Crippen LogP contribution in [0.5, 0.6) is 11.5 Å². The van der Waals surface area contributed by atoms with Crippen LogP contribution in [0, 0.1) is 0 Å². The Hall–Kier alpha value is -4.36. The maximum absolute atomic E-state index is 12.7. The Labute approximate surface area is 220 Å². The Morgan fingerprint density at radius 1 is 0.946 bits per heavy atom. The summed E-state index contributed by atoms with van der Waals surface area (Å²) >= 11 is 1.28. The maximum atomic E-state index is 12.7. The molecule has 0 fully saturated rings. The van der Waals surface area contributed by atoms with Gasteiger partial charge >= 0.3 is 5.97 Å². The van der Waals surface area contributed by atoms with E-state index in [0.717, 1.165) is 22.3 Å². The number of carbonyl (C=O) groups is 2. The minimum atomic E-state index is -0.474. The monoisotopic (exact) mass is 513 g/mol. The highest BCUT2D eigenvalue weighted by Crippen LogP contribution is 2.36. The lowest BCUT2D eigenvalue weighted by atomic mass is 10.0. The molecular weight excluding hydrogens is 486 g/mol. The third-order valence-corrected chi connectivity index (χ3v) is 6.34. The van der Waals surface area contributed by atoms with E-state index in [9.17, 15) is 9.59 Å². The van der Waals surface area contributed by atoms with Crippen LogP contribution in [0.25, 0.3) is 17.2 Å². The van der Waals surface area contributed by atoms with E-state index in [1.807, 2.05) is 78.2 Å². The van der Waals surface area contributed by atoms with Crippen LogP contribution < -0.4 is 14.8 Å². The number of benzene rings is 3.